The predicted molar refractivity (Wildman–Crippen MR) is 116 cm³/mol. The van der Waals surface area contributed by atoms with Gasteiger partial charge in [-0.3, -0.25) is 9.69 Å². The lowest BCUT2D eigenvalue weighted by Gasteiger charge is -2.37. The van der Waals surface area contributed by atoms with Gasteiger partial charge >= 0.3 is 0 Å². The molecule has 3 nitrogen and oxygen atoms in total. The quantitative estimate of drug-likeness (QED) is 0.583. The Bertz CT molecular complexity index is 634. The van der Waals surface area contributed by atoms with Gasteiger partial charge in [-0.05, 0) is 50.3 Å². The van der Waals surface area contributed by atoms with Crippen molar-refractivity contribution in [2.45, 2.75) is 77.2 Å². The van der Waals surface area contributed by atoms with Crippen molar-refractivity contribution in [2.24, 2.45) is 5.92 Å². The molecule has 0 amide bonds. The van der Waals surface area contributed by atoms with E-state index in [1.54, 1.807) is 0 Å². The maximum absolute atomic E-state index is 13.1. The number of hydrogen-bond acceptors (Lipinski definition) is 3. The average Bonchev–Trinajstić information content (AvgIpc) is 2.74. The molecule has 0 saturated heterocycles. The topological polar surface area (TPSA) is 40.5 Å². The highest BCUT2D eigenvalue weighted by Crippen LogP contribution is 2.40. The lowest BCUT2D eigenvalue weighted by molar-refractivity contribution is -0.146. The third kappa shape index (κ3) is 6.19. The number of hydrogen-bond donors (Lipinski definition) is 1. The molecule has 1 atom stereocenters. The van der Waals surface area contributed by atoms with Crippen molar-refractivity contribution in [2.75, 3.05) is 19.6 Å². The highest BCUT2D eigenvalue weighted by molar-refractivity contribution is 5.88. The zero-order valence-corrected chi connectivity index (χ0v) is 17.8. The third-order valence-electron chi connectivity index (χ3n) is 5.82. The first-order valence-electron chi connectivity index (χ1n) is 11.1. The molecule has 1 N–H and O–H groups in total. The zero-order valence-electron chi connectivity index (χ0n) is 17.8. The van der Waals surface area contributed by atoms with Crippen molar-refractivity contribution in [1.82, 2.24) is 4.90 Å². The Morgan fingerprint density at radius 1 is 1.07 bits per heavy atom. The van der Waals surface area contributed by atoms with Crippen LogP contribution in [0.3, 0.4) is 0 Å². The highest BCUT2D eigenvalue weighted by Gasteiger charge is 2.44. The predicted octanol–water partition coefficient (Wildman–Crippen LogP) is 4.93. The average molecular weight is 384 g/mol. The van der Waals surface area contributed by atoms with Gasteiger partial charge in [-0.25, -0.2) is 0 Å². The number of rotatable bonds is 10. The van der Waals surface area contributed by atoms with E-state index in [9.17, 15) is 9.90 Å². The molecule has 1 aliphatic carbocycles. The van der Waals surface area contributed by atoms with Crippen molar-refractivity contribution in [1.29, 1.82) is 0 Å². The minimum Gasteiger partial charge on any atom is -0.377 e. The molecule has 1 aromatic carbocycles. The standard InChI is InChI=1S/C25H37NO2/c1-3-19-26(20-4-2)21-13-7-12-18-24(27)25(28,22-14-8-5-9-15-22)23-16-10-6-11-17-23/h5,8-9,14-15,23,28H,3-4,6,10-12,16-21H2,1-2H3. The molecule has 1 aliphatic rings. The fourth-order valence-electron chi connectivity index (χ4n) is 4.36. The summed E-state index contributed by atoms with van der Waals surface area (Å²) in [5, 5.41) is 11.6. The molecule has 28 heavy (non-hydrogen) atoms. The van der Waals surface area contributed by atoms with Crippen LogP contribution in [0.15, 0.2) is 30.3 Å². The minimum absolute atomic E-state index is 0.0220. The number of aliphatic hydroxyl groups is 1. The summed E-state index contributed by atoms with van der Waals surface area (Å²) in [6.45, 7) is 7.27. The molecule has 1 aromatic rings. The van der Waals surface area contributed by atoms with E-state index >= 15 is 0 Å². The highest BCUT2D eigenvalue weighted by atomic mass is 16.3. The minimum atomic E-state index is -1.36. The SMILES string of the molecule is CCCN(CC#CCCC(=O)C(O)(c1ccccc1)C1CCCCC1)CCC. The van der Waals surface area contributed by atoms with E-state index < -0.39 is 5.60 Å². The third-order valence-corrected chi connectivity index (χ3v) is 5.82. The van der Waals surface area contributed by atoms with Crippen molar-refractivity contribution < 1.29 is 9.90 Å². The van der Waals surface area contributed by atoms with Gasteiger partial charge in [0.25, 0.3) is 0 Å². The van der Waals surface area contributed by atoms with E-state index in [0.717, 1.165) is 63.7 Å². The number of Topliss-reactive ketones (excluding diaryl/α,β-unsaturated/α-hetero) is 1. The van der Waals surface area contributed by atoms with E-state index in [0.29, 0.717) is 12.8 Å². The van der Waals surface area contributed by atoms with E-state index in [2.05, 4.69) is 30.6 Å². The summed E-state index contributed by atoms with van der Waals surface area (Å²) in [5.74, 6) is 6.34. The number of carbonyl (C=O) groups is 1. The van der Waals surface area contributed by atoms with Gasteiger partial charge in [-0.15, -0.1) is 5.92 Å². The fourth-order valence-corrected chi connectivity index (χ4v) is 4.36. The van der Waals surface area contributed by atoms with Crippen molar-refractivity contribution in [3.63, 3.8) is 0 Å². The van der Waals surface area contributed by atoms with Crippen LogP contribution in [0, 0.1) is 17.8 Å². The van der Waals surface area contributed by atoms with Gasteiger partial charge in [0.15, 0.2) is 11.4 Å². The Kier molecular flexibility index (Phi) is 9.75. The van der Waals surface area contributed by atoms with E-state index in [1.165, 1.54) is 6.42 Å². The van der Waals surface area contributed by atoms with Gasteiger partial charge in [0.1, 0.15) is 0 Å². The van der Waals surface area contributed by atoms with Gasteiger partial charge in [0.05, 0.1) is 6.54 Å². The van der Waals surface area contributed by atoms with Crippen LogP contribution in [0.2, 0.25) is 0 Å². The summed E-state index contributed by atoms with van der Waals surface area (Å²) < 4.78 is 0. The first-order valence-corrected chi connectivity index (χ1v) is 11.1. The maximum Gasteiger partial charge on any atom is 0.170 e. The monoisotopic (exact) mass is 383 g/mol. The van der Waals surface area contributed by atoms with Gasteiger partial charge in [0.2, 0.25) is 0 Å². The molecule has 0 radical (unpaired) electrons. The van der Waals surface area contributed by atoms with Crippen LogP contribution in [0.25, 0.3) is 0 Å². The largest absolute Gasteiger partial charge is 0.377 e. The molecule has 154 valence electrons. The Morgan fingerprint density at radius 3 is 2.32 bits per heavy atom. The second kappa shape index (κ2) is 12.0. The van der Waals surface area contributed by atoms with Crippen LogP contribution >= 0.6 is 0 Å². The number of carbonyl (C=O) groups excluding carboxylic acids is 1. The van der Waals surface area contributed by atoms with Crippen LogP contribution in [0.4, 0.5) is 0 Å². The van der Waals surface area contributed by atoms with E-state index in [4.69, 9.17) is 0 Å². The lowest BCUT2D eigenvalue weighted by atomic mass is 9.70. The molecule has 0 aromatic heterocycles. The molecule has 0 heterocycles. The first kappa shape index (κ1) is 22.7. The molecule has 1 unspecified atom stereocenters. The molecule has 1 fully saturated rings. The molecule has 1 saturated carbocycles. The van der Waals surface area contributed by atoms with Gasteiger partial charge in [0, 0.05) is 12.8 Å². The summed E-state index contributed by atoms with van der Waals surface area (Å²) >= 11 is 0. The van der Waals surface area contributed by atoms with Crippen LogP contribution in [-0.2, 0) is 10.4 Å². The smallest absolute Gasteiger partial charge is 0.170 e. The van der Waals surface area contributed by atoms with Crippen molar-refractivity contribution in [3.8, 4) is 11.8 Å². The Balaban J connectivity index is 2.01. The summed E-state index contributed by atoms with van der Waals surface area (Å²) in [6.07, 6.45) is 8.33. The van der Waals surface area contributed by atoms with Gasteiger partial charge in [-0.2, -0.15) is 0 Å². The molecule has 0 spiro atoms. The molecule has 3 heteroatoms. The summed E-state index contributed by atoms with van der Waals surface area (Å²) in [6, 6.07) is 9.54. The van der Waals surface area contributed by atoms with Crippen LogP contribution in [0.5, 0.6) is 0 Å². The van der Waals surface area contributed by atoms with Crippen LogP contribution < -0.4 is 0 Å². The number of nitrogens with zero attached hydrogens (tertiary/aromatic N) is 1. The first-order chi connectivity index (χ1) is 13.6. The number of benzene rings is 1. The lowest BCUT2D eigenvalue weighted by Crippen LogP contribution is -2.44. The zero-order chi connectivity index (χ0) is 20.2. The van der Waals surface area contributed by atoms with E-state index in [1.807, 2.05) is 30.3 Å². The normalized spacial score (nSPS) is 17.0. The van der Waals surface area contributed by atoms with Gasteiger partial charge < -0.3 is 5.11 Å². The maximum atomic E-state index is 13.1. The Hall–Kier alpha value is -1.63. The molecule has 2 rings (SSSR count). The summed E-state index contributed by atoms with van der Waals surface area (Å²) in [7, 11) is 0. The fraction of sp³-hybridized carbons (Fsp3) is 0.640. The van der Waals surface area contributed by atoms with Crippen molar-refractivity contribution in [3.05, 3.63) is 35.9 Å². The summed E-state index contributed by atoms with van der Waals surface area (Å²) in [4.78, 5) is 15.5. The molecule has 0 bridgehead atoms. The van der Waals surface area contributed by atoms with Gasteiger partial charge in [-0.1, -0.05) is 69.4 Å². The molecular weight excluding hydrogens is 346 g/mol. The van der Waals surface area contributed by atoms with Crippen LogP contribution in [-0.4, -0.2) is 35.4 Å². The van der Waals surface area contributed by atoms with Crippen molar-refractivity contribution >= 4 is 5.78 Å². The second-order valence-electron chi connectivity index (χ2n) is 8.02. The van der Waals surface area contributed by atoms with Crippen LogP contribution in [0.1, 0.15) is 77.2 Å². The summed E-state index contributed by atoms with van der Waals surface area (Å²) in [5.41, 5.74) is -0.614. The molecule has 0 aliphatic heterocycles. The Labute approximate surface area is 171 Å². The molecular formula is C25H37NO2. The second-order valence-corrected chi connectivity index (χ2v) is 8.02. The number of ketones is 1. The van der Waals surface area contributed by atoms with E-state index in [-0.39, 0.29) is 11.7 Å². The Morgan fingerprint density at radius 2 is 1.71 bits per heavy atom.